The summed E-state index contributed by atoms with van der Waals surface area (Å²) in [6, 6.07) is 23.6. The summed E-state index contributed by atoms with van der Waals surface area (Å²) >= 11 is 0. The third-order valence-corrected chi connectivity index (χ3v) is 5.03. The fourth-order valence-corrected chi connectivity index (χ4v) is 3.40. The Bertz CT molecular complexity index is 1000. The van der Waals surface area contributed by atoms with Gasteiger partial charge in [-0.3, -0.25) is 4.79 Å². The van der Waals surface area contributed by atoms with Crippen LogP contribution in [0.1, 0.15) is 35.2 Å². The lowest BCUT2D eigenvalue weighted by Gasteiger charge is -2.28. The van der Waals surface area contributed by atoms with E-state index < -0.39 is 0 Å². The van der Waals surface area contributed by atoms with Gasteiger partial charge < -0.3 is 13.7 Å². The Morgan fingerprint density at radius 2 is 1.79 bits per heavy atom. The molecule has 0 aliphatic rings. The molecule has 4 aromatic rings. The highest BCUT2D eigenvalue weighted by Gasteiger charge is 2.25. The van der Waals surface area contributed by atoms with Gasteiger partial charge in [0.1, 0.15) is 11.3 Å². The predicted molar refractivity (Wildman–Crippen MR) is 109 cm³/mol. The number of fused-ring (bicyclic) bond motifs is 1. The number of benzene rings is 2. The van der Waals surface area contributed by atoms with Crippen LogP contribution in [0.4, 0.5) is 0 Å². The Labute approximate surface area is 164 Å². The minimum absolute atomic E-state index is 0.0334. The molecule has 0 saturated heterocycles. The molecule has 0 saturated carbocycles. The van der Waals surface area contributed by atoms with Gasteiger partial charge in [-0.1, -0.05) is 48.5 Å². The second kappa shape index (κ2) is 8.17. The first-order valence-corrected chi connectivity index (χ1v) is 9.56. The molecular formula is C24H23NO3. The van der Waals surface area contributed by atoms with Crippen molar-refractivity contribution in [3.8, 4) is 0 Å². The van der Waals surface area contributed by atoms with Crippen molar-refractivity contribution < 1.29 is 13.6 Å². The maximum Gasteiger partial charge on any atom is 0.290 e. The highest BCUT2D eigenvalue weighted by Crippen LogP contribution is 2.23. The second-order valence-corrected chi connectivity index (χ2v) is 7.03. The molecule has 0 aliphatic carbocycles. The standard InChI is InChI=1S/C24H23NO3/c1-18(13-14-19-8-3-2-4-9-19)25(17-21-11-7-15-27-21)24(26)23-16-20-10-5-6-12-22(20)28-23/h2-12,15-16,18H,13-14,17H2,1H3/t18-/m1/s1. The van der Waals surface area contributed by atoms with Crippen LogP contribution in [0.25, 0.3) is 11.0 Å². The SMILES string of the molecule is C[C@H](CCc1ccccc1)N(Cc1ccco1)C(=O)c1cc2ccccc2o1. The summed E-state index contributed by atoms with van der Waals surface area (Å²) in [5.74, 6) is 1.00. The Hall–Kier alpha value is -3.27. The number of amides is 1. The van der Waals surface area contributed by atoms with E-state index in [4.69, 9.17) is 8.83 Å². The molecule has 0 unspecified atom stereocenters. The highest BCUT2D eigenvalue weighted by molar-refractivity contribution is 5.96. The molecule has 0 bridgehead atoms. The Morgan fingerprint density at radius 1 is 1.00 bits per heavy atom. The summed E-state index contributed by atoms with van der Waals surface area (Å²) in [6.45, 7) is 2.49. The topological polar surface area (TPSA) is 46.6 Å². The minimum Gasteiger partial charge on any atom is -0.467 e. The van der Waals surface area contributed by atoms with Gasteiger partial charge in [-0.05, 0) is 49.6 Å². The molecule has 1 amide bonds. The summed E-state index contributed by atoms with van der Waals surface area (Å²) in [4.78, 5) is 15.1. The third-order valence-electron chi connectivity index (χ3n) is 5.03. The van der Waals surface area contributed by atoms with Gasteiger partial charge in [0, 0.05) is 11.4 Å². The highest BCUT2D eigenvalue weighted by atomic mass is 16.3. The van der Waals surface area contributed by atoms with Gasteiger partial charge in [0.25, 0.3) is 5.91 Å². The van der Waals surface area contributed by atoms with Crippen LogP contribution in [0.15, 0.2) is 87.9 Å². The van der Waals surface area contributed by atoms with Crippen molar-refractivity contribution >= 4 is 16.9 Å². The van der Waals surface area contributed by atoms with Crippen LogP contribution in [0.5, 0.6) is 0 Å². The van der Waals surface area contributed by atoms with Crippen LogP contribution in [-0.4, -0.2) is 16.8 Å². The molecule has 1 atom stereocenters. The van der Waals surface area contributed by atoms with E-state index in [9.17, 15) is 4.79 Å². The smallest absolute Gasteiger partial charge is 0.290 e. The van der Waals surface area contributed by atoms with Crippen LogP contribution in [0, 0.1) is 0 Å². The third kappa shape index (κ3) is 4.01. The van der Waals surface area contributed by atoms with Crippen molar-refractivity contribution in [2.24, 2.45) is 0 Å². The molecule has 28 heavy (non-hydrogen) atoms. The zero-order valence-electron chi connectivity index (χ0n) is 15.9. The van der Waals surface area contributed by atoms with Crippen LogP contribution in [-0.2, 0) is 13.0 Å². The number of carbonyl (C=O) groups is 1. The van der Waals surface area contributed by atoms with Gasteiger partial charge in [-0.25, -0.2) is 0 Å². The van der Waals surface area contributed by atoms with E-state index in [0.717, 1.165) is 29.6 Å². The fraction of sp³-hybridized carbons (Fsp3) is 0.208. The lowest BCUT2D eigenvalue weighted by molar-refractivity contribution is 0.0621. The normalized spacial score (nSPS) is 12.2. The Balaban J connectivity index is 1.55. The summed E-state index contributed by atoms with van der Waals surface area (Å²) in [7, 11) is 0. The van der Waals surface area contributed by atoms with Crippen LogP contribution in [0.3, 0.4) is 0 Å². The second-order valence-electron chi connectivity index (χ2n) is 7.03. The van der Waals surface area contributed by atoms with Gasteiger partial charge in [-0.15, -0.1) is 0 Å². The quantitative estimate of drug-likeness (QED) is 0.418. The van der Waals surface area contributed by atoms with Crippen molar-refractivity contribution in [1.82, 2.24) is 4.90 Å². The van der Waals surface area contributed by atoms with Gasteiger partial charge in [-0.2, -0.15) is 0 Å². The molecular weight excluding hydrogens is 350 g/mol. The number of nitrogens with zero attached hydrogens (tertiary/aromatic N) is 1. The Kier molecular flexibility index (Phi) is 5.29. The van der Waals surface area contributed by atoms with E-state index in [-0.39, 0.29) is 11.9 Å². The number of carbonyl (C=O) groups excluding carboxylic acids is 1. The monoisotopic (exact) mass is 373 g/mol. The molecule has 0 fully saturated rings. The average molecular weight is 373 g/mol. The van der Waals surface area contributed by atoms with Crippen LogP contribution < -0.4 is 0 Å². The summed E-state index contributed by atoms with van der Waals surface area (Å²) in [5.41, 5.74) is 1.99. The van der Waals surface area contributed by atoms with E-state index in [0.29, 0.717) is 12.3 Å². The molecule has 0 radical (unpaired) electrons. The molecule has 4 rings (SSSR count). The molecule has 2 heterocycles. The van der Waals surface area contributed by atoms with Crippen LogP contribution in [0.2, 0.25) is 0 Å². The largest absolute Gasteiger partial charge is 0.467 e. The number of para-hydroxylation sites is 1. The number of hydrogen-bond donors (Lipinski definition) is 0. The first-order chi connectivity index (χ1) is 13.7. The van der Waals surface area contributed by atoms with Gasteiger partial charge in [0.05, 0.1) is 12.8 Å². The lowest BCUT2D eigenvalue weighted by Crippen LogP contribution is -2.38. The zero-order chi connectivity index (χ0) is 19.3. The summed E-state index contributed by atoms with van der Waals surface area (Å²) in [6.07, 6.45) is 3.40. The zero-order valence-corrected chi connectivity index (χ0v) is 15.9. The first-order valence-electron chi connectivity index (χ1n) is 9.56. The lowest BCUT2D eigenvalue weighted by atomic mass is 10.0. The van der Waals surface area contributed by atoms with E-state index in [1.807, 2.05) is 65.6 Å². The van der Waals surface area contributed by atoms with Crippen molar-refractivity contribution in [1.29, 1.82) is 0 Å². The molecule has 0 N–H and O–H groups in total. The van der Waals surface area contributed by atoms with Crippen molar-refractivity contribution in [3.63, 3.8) is 0 Å². The van der Waals surface area contributed by atoms with E-state index in [1.54, 1.807) is 6.26 Å². The van der Waals surface area contributed by atoms with Gasteiger partial charge in [0.15, 0.2) is 5.76 Å². The maximum absolute atomic E-state index is 13.3. The van der Waals surface area contributed by atoms with Crippen molar-refractivity contribution in [3.05, 3.63) is 96.1 Å². The molecule has 4 heteroatoms. The minimum atomic E-state index is -0.117. The van der Waals surface area contributed by atoms with Crippen molar-refractivity contribution in [2.45, 2.75) is 32.4 Å². The van der Waals surface area contributed by atoms with E-state index in [2.05, 4.69) is 19.1 Å². The number of aryl methyl sites for hydroxylation is 1. The number of rotatable bonds is 7. The van der Waals surface area contributed by atoms with Crippen molar-refractivity contribution in [2.75, 3.05) is 0 Å². The molecule has 142 valence electrons. The van der Waals surface area contributed by atoms with Gasteiger partial charge >= 0.3 is 0 Å². The average Bonchev–Trinajstić information content (AvgIpc) is 3.40. The first kappa shape index (κ1) is 18.1. The summed E-state index contributed by atoms with van der Waals surface area (Å²) in [5, 5.41) is 0.931. The molecule has 0 aliphatic heterocycles. The predicted octanol–water partition coefficient (Wildman–Crippen LogP) is 5.69. The summed E-state index contributed by atoms with van der Waals surface area (Å²) < 4.78 is 11.3. The molecule has 0 spiro atoms. The van der Waals surface area contributed by atoms with Gasteiger partial charge in [0.2, 0.25) is 0 Å². The molecule has 2 aromatic carbocycles. The Morgan fingerprint density at radius 3 is 2.54 bits per heavy atom. The van der Waals surface area contributed by atoms with E-state index in [1.165, 1.54) is 5.56 Å². The van der Waals surface area contributed by atoms with E-state index >= 15 is 0 Å². The molecule has 2 aromatic heterocycles. The number of hydrogen-bond acceptors (Lipinski definition) is 3. The van der Waals surface area contributed by atoms with Crippen LogP contribution >= 0.6 is 0 Å². The fourth-order valence-electron chi connectivity index (χ4n) is 3.40. The molecule has 4 nitrogen and oxygen atoms in total. The number of furan rings is 2. The maximum atomic E-state index is 13.3.